The Kier molecular flexibility index (Phi) is 4.99. The summed E-state index contributed by atoms with van der Waals surface area (Å²) in [6.45, 7) is 10.9. The molecule has 1 unspecified atom stereocenters. The van der Waals surface area contributed by atoms with Crippen LogP contribution in [0.3, 0.4) is 0 Å². The number of fused-ring (bicyclic) bond motifs is 1. The molecule has 8 nitrogen and oxygen atoms in total. The Morgan fingerprint density at radius 2 is 2.00 bits per heavy atom. The van der Waals surface area contributed by atoms with E-state index >= 15 is 0 Å². The van der Waals surface area contributed by atoms with Gasteiger partial charge >= 0.3 is 0 Å². The molecule has 0 spiro atoms. The number of rotatable bonds is 4. The second-order valence-corrected chi connectivity index (χ2v) is 9.35. The van der Waals surface area contributed by atoms with Gasteiger partial charge in [0.25, 0.3) is 0 Å². The van der Waals surface area contributed by atoms with E-state index in [2.05, 4.69) is 53.1 Å². The van der Waals surface area contributed by atoms with E-state index in [-0.39, 0.29) is 17.2 Å². The summed E-state index contributed by atoms with van der Waals surface area (Å²) in [6.07, 6.45) is 2.12. The fourth-order valence-corrected chi connectivity index (χ4v) is 4.07. The molecule has 152 valence electrons. The maximum atomic E-state index is 12.4. The number of hydrogen-bond acceptors (Lipinski definition) is 6. The maximum Gasteiger partial charge on any atom is 0.224 e. The average Bonchev–Trinajstić information content (AvgIpc) is 3.03. The molecule has 0 bridgehead atoms. The largest absolute Gasteiger partial charge is 0.355 e. The van der Waals surface area contributed by atoms with Crippen molar-refractivity contribution in [3.05, 3.63) is 18.0 Å². The van der Waals surface area contributed by atoms with Gasteiger partial charge in [-0.15, -0.1) is 15.3 Å². The topological polar surface area (TPSA) is 78.7 Å². The number of aromatic nitrogens is 4. The van der Waals surface area contributed by atoms with Crippen LogP contribution < -0.4 is 10.2 Å². The highest BCUT2D eigenvalue weighted by Crippen LogP contribution is 2.25. The quantitative estimate of drug-likeness (QED) is 0.855. The average molecular weight is 386 g/mol. The number of nitrogens with zero attached hydrogens (tertiary/aromatic N) is 6. The molecular weight excluding hydrogens is 354 g/mol. The first kappa shape index (κ1) is 19.1. The highest BCUT2D eigenvalue weighted by atomic mass is 16.1. The van der Waals surface area contributed by atoms with Crippen LogP contribution in [-0.2, 0) is 10.2 Å². The highest BCUT2D eigenvalue weighted by molar-refractivity contribution is 5.79. The second-order valence-electron chi connectivity index (χ2n) is 9.35. The summed E-state index contributed by atoms with van der Waals surface area (Å²) >= 11 is 0. The van der Waals surface area contributed by atoms with E-state index in [1.54, 1.807) is 0 Å². The van der Waals surface area contributed by atoms with Gasteiger partial charge in [0.05, 0.1) is 5.92 Å². The second kappa shape index (κ2) is 7.31. The van der Waals surface area contributed by atoms with Crippen molar-refractivity contribution in [3.8, 4) is 0 Å². The molecule has 2 aromatic heterocycles. The molecule has 2 aliphatic rings. The van der Waals surface area contributed by atoms with Crippen LogP contribution in [0.15, 0.2) is 12.1 Å². The van der Waals surface area contributed by atoms with Crippen LogP contribution >= 0.6 is 0 Å². The fourth-order valence-electron chi connectivity index (χ4n) is 4.07. The molecule has 0 aliphatic carbocycles. The van der Waals surface area contributed by atoms with Crippen molar-refractivity contribution in [2.24, 2.45) is 11.8 Å². The lowest BCUT2D eigenvalue weighted by Crippen LogP contribution is -2.53. The first-order valence-electron chi connectivity index (χ1n) is 10.3. The van der Waals surface area contributed by atoms with Crippen LogP contribution in [0.1, 0.15) is 39.4 Å². The molecule has 2 fully saturated rings. The summed E-state index contributed by atoms with van der Waals surface area (Å²) in [6, 6.07) is 3.97. The van der Waals surface area contributed by atoms with E-state index in [1.165, 1.54) is 0 Å². The van der Waals surface area contributed by atoms with Crippen molar-refractivity contribution in [1.29, 1.82) is 0 Å². The van der Waals surface area contributed by atoms with E-state index in [0.29, 0.717) is 5.92 Å². The summed E-state index contributed by atoms with van der Waals surface area (Å²) in [7, 11) is 2.09. The minimum absolute atomic E-state index is 0.111. The van der Waals surface area contributed by atoms with E-state index in [1.807, 2.05) is 16.6 Å². The number of piperidine rings is 1. The number of likely N-dealkylation sites (tertiary alicyclic amines) is 1. The van der Waals surface area contributed by atoms with Crippen molar-refractivity contribution < 1.29 is 4.79 Å². The zero-order chi connectivity index (χ0) is 19.9. The minimum Gasteiger partial charge on any atom is -0.355 e. The molecule has 0 aromatic carbocycles. The van der Waals surface area contributed by atoms with Gasteiger partial charge in [-0.2, -0.15) is 4.52 Å². The van der Waals surface area contributed by atoms with Crippen LogP contribution in [0.5, 0.6) is 0 Å². The van der Waals surface area contributed by atoms with Gasteiger partial charge < -0.3 is 15.1 Å². The minimum atomic E-state index is -0.111. The van der Waals surface area contributed by atoms with Crippen LogP contribution in [-0.4, -0.2) is 70.4 Å². The normalized spacial score (nSPS) is 21.7. The predicted octanol–water partition coefficient (Wildman–Crippen LogP) is 1.32. The smallest absolute Gasteiger partial charge is 0.224 e. The summed E-state index contributed by atoms with van der Waals surface area (Å²) in [4.78, 5) is 16.9. The first-order chi connectivity index (χ1) is 13.3. The number of nitrogens with one attached hydrogen (secondary N) is 1. The van der Waals surface area contributed by atoms with E-state index in [0.717, 1.165) is 62.9 Å². The third-order valence-electron chi connectivity index (χ3n) is 5.76. The maximum absolute atomic E-state index is 12.4. The van der Waals surface area contributed by atoms with Crippen molar-refractivity contribution in [2.45, 2.75) is 39.0 Å². The number of amides is 1. The summed E-state index contributed by atoms with van der Waals surface area (Å²) < 4.78 is 1.85. The van der Waals surface area contributed by atoms with Crippen LogP contribution in [0.25, 0.3) is 5.65 Å². The third kappa shape index (κ3) is 3.83. The molecule has 28 heavy (non-hydrogen) atoms. The van der Waals surface area contributed by atoms with Gasteiger partial charge in [-0.1, -0.05) is 20.8 Å². The molecule has 0 saturated carbocycles. The van der Waals surface area contributed by atoms with Crippen molar-refractivity contribution in [1.82, 2.24) is 30.0 Å². The molecule has 4 heterocycles. The van der Waals surface area contributed by atoms with Crippen LogP contribution in [0, 0.1) is 11.8 Å². The predicted molar refractivity (Wildman–Crippen MR) is 108 cm³/mol. The molecule has 2 saturated heterocycles. The number of carbonyl (C=O) groups excluding carboxylic acids is 1. The Labute approximate surface area is 166 Å². The molecule has 1 amide bonds. The SMILES string of the molecule is CN1CCCC(C(=O)NCC2CN(c3ccc4nnc(C(C)(C)C)n4n3)C2)C1. The Hall–Kier alpha value is -2.22. The number of anilines is 1. The van der Waals surface area contributed by atoms with Gasteiger partial charge in [0, 0.05) is 37.5 Å². The molecule has 4 rings (SSSR count). The molecule has 8 heteroatoms. The lowest BCUT2D eigenvalue weighted by atomic mass is 9.96. The summed E-state index contributed by atoms with van der Waals surface area (Å²) in [5.74, 6) is 2.64. The molecule has 1 N–H and O–H groups in total. The monoisotopic (exact) mass is 385 g/mol. The molecular formula is C20H31N7O. The standard InChI is InChI=1S/C20H31N7O/c1-20(2,3)19-23-22-16-7-8-17(24-27(16)19)26-11-14(12-26)10-21-18(28)15-6-5-9-25(4)13-15/h7-8,14-15H,5-6,9-13H2,1-4H3,(H,21,28). The Balaban J connectivity index is 1.32. The van der Waals surface area contributed by atoms with Crippen molar-refractivity contribution in [2.75, 3.05) is 44.7 Å². The number of hydrogen-bond donors (Lipinski definition) is 1. The summed E-state index contributed by atoms with van der Waals surface area (Å²) in [5, 5.41) is 16.5. The molecule has 0 radical (unpaired) electrons. The lowest BCUT2D eigenvalue weighted by Gasteiger charge is -2.40. The van der Waals surface area contributed by atoms with Gasteiger partial charge in [0.15, 0.2) is 11.5 Å². The van der Waals surface area contributed by atoms with Crippen molar-refractivity contribution >= 4 is 17.4 Å². The van der Waals surface area contributed by atoms with Gasteiger partial charge in [-0.25, -0.2) is 0 Å². The van der Waals surface area contributed by atoms with E-state index in [9.17, 15) is 4.79 Å². The molecule has 1 atom stereocenters. The van der Waals surface area contributed by atoms with Crippen LogP contribution in [0.2, 0.25) is 0 Å². The zero-order valence-corrected chi connectivity index (χ0v) is 17.4. The summed E-state index contributed by atoms with van der Waals surface area (Å²) in [5.41, 5.74) is 0.662. The Morgan fingerprint density at radius 1 is 1.21 bits per heavy atom. The Morgan fingerprint density at radius 3 is 2.71 bits per heavy atom. The third-order valence-corrected chi connectivity index (χ3v) is 5.76. The van der Waals surface area contributed by atoms with Crippen molar-refractivity contribution in [3.63, 3.8) is 0 Å². The van der Waals surface area contributed by atoms with Crippen LogP contribution in [0.4, 0.5) is 5.82 Å². The molecule has 2 aromatic rings. The fraction of sp³-hybridized carbons (Fsp3) is 0.700. The Bertz CT molecular complexity index is 850. The lowest BCUT2D eigenvalue weighted by molar-refractivity contribution is -0.126. The first-order valence-corrected chi connectivity index (χ1v) is 10.3. The van der Waals surface area contributed by atoms with E-state index in [4.69, 9.17) is 5.10 Å². The molecule has 2 aliphatic heterocycles. The van der Waals surface area contributed by atoms with Gasteiger partial charge in [0.2, 0.25) is 5.91 Å². The van der Waals surface area contributed by atoms with E-state index < -0.39 is 0 Å². The number of carbonyl (C=O) groups is 1. The highest BCUT2D eigenvalue weighted by Gasteiger charge is 2.31. The van der Waals surface area contributed by atoms with Gasteiger partial charge in [-0.3, -0.25) is 4.79 Å². The zero-order valence-electron chi connectivity index (χ0n) is 17.4. The van der Waals surface area contributed by atoms with Gasteiger partial charge in [0.1, 0.15) is 5.82 Å². The van der Waals surface area contributed by atoms with Gasteiger partial charge in [-0.05, 0) is 38.6 Å².